The van der Waals surface area contributed by atoms with Gasteiger partial charge in [-0.05, 0) is 31.0 Å². The average Bonchev–Trinajstić information content (AvgIpc) is 2.42. The summed E-state index contributed by atoms with van der Waals surface area (Å²) in [6, 6.07) is 4.19. The van der Waals surface area contributed by atoms with E-state index in [9.17, 15) is 4.79 Å². The number of nitrogens with one attached hydrogen (secondary N) is 2. The highest BCUT2D eigenvalue weighted by atomic mass is 35.5. The summed E-state index contributed by atoms with van der Waals surface area (Å²) in [6.07, 6.45) is 0.951. The summed E-state index contributed by atoms with van der Waals surface area (Å²) >= 11 is 11.7. The number of amides is 2. The maximum Gasteiger partial charge on any atom is 0.320 e. The van der Waals surface area contributed by atoms with Crippen LogP contribution < -0.4 is 16.4 Å². The molecule has 0 heterocycles. The Labute approximate surface area is 133 Å². The molecule has 0 fully saturated rings. The van der Waals surface area contributed by atoms with Crippen molar-refractivity contribution in [3.8, 4) is 0 Å². The van der Waals surface area contributed by atoms with Crippen molar-refractivity contribution >= 4 is 40.8 Å². The van der Waals surface area contributed by atoms with Gasteiger partial charge in [0, 0.05) is 15.7 Å². The fourth-order valence-electron chi connectivity index (χ4n) is 1.95. The van der Waals surface area contributed by atoms with Crippen LogP contribution in [0.25, 0.3) is 0 Å². The van der Waals surface area contributed by atoms with Gasteiger partial charge in [0.2, 0.25) is 0 Å². The Morgan fingerprint density at radius 3 is 2.24 bits per heavy atom. The number of carbonyl (C=O) groups is 1. The topological polar surface area (TPSA) is 99.7 Å². The van der Waals surface area contributed by atoms with E-state index in [-0.39, 0.29) is 5.84 Å². The van der Waals surface area contributed by atoms with Crippen molar-refractivity contribution in [2.75, 3.05) is 5.32 Å². The van der Waals surface area contributed by atoms with Crippen LogP contribution in [0.3, 0.4) is 0 Å². The number of halogens is 2. The van der Waals surface area contributed by atoms with E-state index in [4.69, 9.17) is 34.1 Å². The van der Waals surface area contributed by atoms with Gasteiger partial charge in [-0.1, -0.05) is 42.2 Å². The molecular formula is C13H18Cl2N4O2. The van der Waals surface area contributed by atoms with Crippen molar-refractivity contribution in [2.45, 2.75) is 32.2 Å². The number of carbonyl (C=O) groups excluding carboxylic acids is 1. The normalized spacial score (nSPS) is 12.1. The second-order valence-corrected chi connectivity index (χ2v) is 5.38. The summed E-state index contributed by atoms with van der Waals surface area (Å²) < 4.78 is 0. The predicted octanol–water partition coefficient (Wildman–Crippen LogP) is 3.42. The molecule has 0 unspecified atom stereocenters. The zero-order chi connectivity index (χ0) is 16.0. The lowest BCUT2D eigenvalue weighted by Crippen LogP contribution is -2.57. The Kier molecular flexibility index (Phi) is 6.11. The molecule has 0 radical (unpaired) electrons. The van der Waals surface area contributed by atoms with Gasteiger partial charge in [0.25, 0.3) is 0 Å². The summed E-state index contributed by atoms with van der Waals surface area (Å²) in [5, 5.41) is 18.0. The maximum absolute atomic E-state index is 12.1. The third-order valence-corrected chi connectivity index (χ3v) is 3.71. The Balaban J connectivity index is 2.88. The minimum absolute atomic E-state index is 0.0493. The van der Waals surface area contributed by atoms with Gasteiger partial charge in [-0.3, -0.25) is 0 Å². The lowest BCUT2D eigenvalue weighted by molar-refractivity contribution is 0.241. The first-order valence-corrected chi connectivity index (χ1v) is 7.15. The van der Waals surface area contributed by atoms with E-state index in [0.29, 0.717) is 28.6 Å². The number of hydrogen-bond donors (Lipinski definition) is 4. The van der Waals surface area contributed by atoms with Crippen molar-refractivity contribution in [2.24, 2.45) is 10.9 Å². The molecule has 6 nitrogen and oxygen atoms in total. The molecule has 0 bridgehead atoms. The van der Waals surface area contributed by atoms with Gasteiger partial charge in [-0.25, -0.2) is 4.79 Å². The van der Waals surface area contributed by atoms with Crippen molar-refractivity contribution in [1.29, 1.82) is 0 Å². The third kappa shape index (κ3) is 4.41. The Hall–Kier alpha value is -1.66. The number of nitrogens with zero attached hydrogens (tertiary/aromatic N) is 1. The highest BCUT2D eigenvalue weighted by Gasteiger charge is 2.33. The van der Waals surface area contributed by atoms with Gasteiger partial charge >= 0.3 is 6.03 Å². The van der Waals surface area contributed by atoms with Crippen molar-refractivity contribution in [3.63, 3.8) is 0 Å². The number of nitrogens with two attached hydrogens (primary N) is 1. The van der Waals surface area contributed by atoms with Gasteiger partial charge < -0.3 is 21.6 Å². The van der Waals surface area contributed by atoms with Gasteiger partial charge in [0.15, 0.2) is 5.84 Å². The van der Waals surface area contributed by atoms with E-state index < -0.39 is 11.6 Å². The van der Waals surface area contributed by atoms with Gasteiger partial charge in [0.1, 0.15) is 5.54 Å². The molecule has 0 aromatic heterocycles. The summed E-state index contributed by atoms with van der Waals surface area (Å²) in [5.41, 5.74) is 5.21. The monoisotopic (exact) mass is 332 g/mol. The first kappa shape index (κ1) is 17.4. The molecule has 1 aromatic carbocycles. The van der Waals surface area contributed by atoms with Crippen LogP contribution in [0.2, 0.25) is 10.0 Å². The molecule has 0 aliphatic carbocycles. The lowest BCUT2D eigenvalue weighted by Gasteiger charge is -2.31. The van der Waals surface area contributed by atoms with E-state index in [1.807, 2.05) is 13.8 Å². The first-order chi connectivity index (χ1) is 9.86. The third-order valence-electron chi connectivity index (χ3n) is 3.28. The summed E-state index contributed by atoms with van der Waals surface area (Å²) in [4.78, 5) is 12.1. The molecule has 21 heavy (non-hydrogen) atoms. The second kappa shape index (κ2) is 7.38. The molecule has 1 aromatic rings. The molecule has 116 valence electrons. The summed E-state index contributed by atoms with van der Waals surface area (Å²) in [6.45, 7) is 3.66. The second-order valence-electron chi connectivity index (χ2n) is 4.51. The quantitative estimate of drug-likeness (QED) is 0.287. The molecule has 0 saturated carbocycles. The number of rotatable bonds is 5. The zero-order valence-corrected chi connectivity index (χ0v) is 13.3. The fourth-order valence-corrected chi connectivity index (χ4v) is 2.48. The van der Waals surface area contributed by atoms with Gasteiger partial charge in [0.05, 0.1) is 0 Å². The maximum atomic E-state index is 12.1. The number of hydrogen-bond acceptors (Lipinski definition) is 3. The van der Waals surface area contributed by atoms with Crippen LogP contribution in [0, 0.1) is 0 Å². The SMILES string of the molecule is CCC(CC)(NC(=O)Nc1cc(Cl)cc(Cl)c1)/C(N)=N/O. The number of oxime groups is 1. The molecule has 0 spiro atoms. The molecule has 0 saturated heterocycles. The van der Waals surface area contributed by atoms with Crippen LogP contribution in [-0.2, 0) is 0 Å². The minimum Gasteiger partial charge on any atom is -0.409 e. The molecule has 0 aliphatic rings. The molecule has 1 rings (SSSR count). The van der Waals surface area contributed by atoms with Gasteiger partial charge in [-0.15, -0.1) is 0 Å². The lowest BCUT2D eigenvalue weighted by atomic mass is 9.91. The average molecular weight is 333 g/mol. The standard InChI is InChI=1S/C13H18Cl2N4O2/c1-3-13(4-2,11(16)19-21)18-12(20)17-10-6-8(14)5-9(15)7-10/h5-7,21H,3-4H2,1-2H3,(H2,16,19)(H2,17,18,20). The molecule has 2 amide bonds. The highest BCUT2D eigenvalue weighted by molar-refractivity contribution is 6.35. The Bertz CT molecular complexity index is 525. The minimum atomic E-state index is -0.915. The van der Waals surface area contributed by atoms with E-state index in [2.05, 4.69) is 15.8 Å². The van der Waals surface area contributed by atoms with E-state index in [1.54, 1.807) is 18.2 Å². The van der Waals surface area contributed by atoms with E-state index >= 15 is 0 Å². The number of urea groups is 1. The van der Waals surface area contributed by atoms with E-state index in [1.165, 1.54) is 0 Å². The fraction of sp³-hybridized carbons (Fsp3) is 0.385. The molecule has 5 N–H and O–H groups in total. The van der Waals surface area contributed by atoms with Crippen LogP contribution in [-0.4, -0.2) is 22.6 Å². The Morgan fingerprint density at radius 1 is 1.29 bits per heavy atom. The van der Waals surface area contributed by atoms with Crippen LogP contribution >= 0.6 is 23.2 Å². The largest absolute Gasteiger partial charge is 0.409 e. The first-order valence-electron chi connectivity index (χ1n) is 6.40. The molecule has 0 atom stereocenters. The molecular weight excluding hydrogens is 315 g/mol. The smallest absolute Gasteiger partial charge is 0.320 e. The van der Waals surface area contributed by atoms with Crippen molar-refractivity contribution in [1.82, 2.24) is 5.32 Å². The molecule has 8 heteroatoms. The number of amidine groups is 1. The number of benzene rings is 1. The van der Waals surface area contributed by atoms with Crippen LogP contribution in [0.4, 0.5) is 10.5 Å². The zero-order valence-electron chi connectivity index (χ0n) is 11.8. The highest BCUT2D eigenvalue weighted by Crippen LogP contribution is 2.23. The van der Waals surface area contributed by atoms with Crippen LogP contribution in [0.1, 0.15) is 26.7 Å². The number of anilines is 1. The summed E-state index contributed by atoms with van der Waals surface area (Å²) in [5.74, 6) is -0.0493. The molecule has 0 aliphatic heterocycles. The van der Waals surface area contributed by atoms with Crippen molar-refractivity contribution in [3.05, 3.63) is 28.2 Å². The Morgan fingerprint density at radius 2 is 1.81 bits per heavy atom. The van der Waals surface area contributed by atoms with Gasteiger partial charge in [-0.2, -0.15) is 0 Å². The summed E-state index contributed by atoms with van der Waals surface area (Å²) in [7, 11) is 0. The van der Waals surface area contributed by atoms with Crippen LogP contribution in [0.5, 0.6) is 0 Å². The van der Waals surface area contributed by atoms with Crippen molar-refractivity contribution < 1.29 is 10.0 Å². The van der Waals surface area contributed by atoms with E-state index in [0.717, 1.165) is 0 Å². The predicted molar refractivity (Wildman–Crippen MR) is 85.3 cm³/mol. The van der Waals surface area contributed by atoms with Crippen LogP contribution in [0.15, 0.2) is 23.4 Å².